The van der Waals surface area contributed by atoms with E-state index in [0.29, 0.717) is 30.6 Å². The minimum Gasteiger partial charge on any atom is -0.387 e. The highest BCUT2D eigenvalue weighted by Crippen LogP contribution is 2.63. The van der Waals surface area contributed by atoms with Crippen LogP contribution in [0.2, 0.25) is 5.02 Å². The molecule has 190 valence electrons. The van der Waals surface area contributed by atoms with Crippen molar-refractivity contribution >= 4 is 34.7 Å². The van der Waals surface area contributed by atoms with Crippen LogP contribution >= 0.6 is 34.7 Å². The van der Waals surface area contributed by atoms with Crippen molar-refractivity contribution in [2.24, 2.45) is 5.92 Å². The Morgan fingerprint density at radius 2 is 1.80 bits per heavy atom. The molecule has 0 unspecified atom stereocenters. The highest BCUT2D eigenvalue weighted by Gasteiger charge is 2.62. The molecule has 3 aliphatic carbocycles. The van der Waals surface area contributed by atoms with Crippen molar-refractivity contribution in [3.63, 3.8) is 0 Å². The molecule has 5 fully saturated rings. The Morgan fingerprint density at radius 3 is 2.49 bits per heavy atom. The lowest BCUT2D eigenvalue weighted by Crippen LogP contribution is -2.58. The van der Waals surface area contributed by atoms with E-state index in [-0.39, 0.29) is 11.2 Å². The van der Waals surface area contributed by atoms with Gasteiger partial charge in [-0.05, 0) is 54.8 Å². The second-order valence-electron chi connectivity index (χ2n) is 10.3. The van der Waals surface area contributed by atoms with Crippen LogP contribution in [0.5, 0.6) is 0 Å². The largest absolute Gasteiger partial charge is 0.387 e. The van der Waals surface area contributed by atoms with Gasteiger partial charge < -0.3 is 29.5 Å². The summed E-state index contributed by atoms with van der Waals surface area (Å²) in [5.41, 5.74) is 1.34. The van der Waals surface area contributed by atoms with Crippen molar-refractivity contribution in [1.29, 1.82) is 0 Å². The first-order chi connectivity index (χ1) is 16.8. The summed E-state index contributed by atoms with van der Waals surface area (Å²) in [5.74, 6) is 0.178. The van der Waals surface area contributed by atoms with Crippen LogP contribution in [-0.2, 0) is 26.0 Å². The van der Waals surface area contributed by atoms with Crippen molar-refractivity contribution in [1.82, 2.24) is 0 Å². The predicted molar refractivity (Wildman–Crippen MR) is 136 cm³/mol. The Balaban J connectivity index is 1.18. The fourth-order valence-corrected chi connectivity index (χ4v) is 8.48. The minimum atomic E-state index is -1.27. The highest BCUT2D eigenvalue weighted by molar-refractivity contribution is 7.99. The van der Waals surface area contributed by atoms with Crippen LogP contribution in [0.15, 0.2) is 30.3 Å². The number of thioether (sulfide) groups is 1. The molecule has 2 bridgehead atoms. The SMILES string of the molecule is CS[C@H]1O[C@@H](c2ccc(Cl)c(Cc3ccc(C45CCC6(OCCO6)C(C4)C5)s3)c2)[C@H](O)[C@@H](O)[C@@H]1O. The zero-order chi connectivity index (χ0) is 24.4. The molecule has 5 aliphatic rings. The lowest BCUT2D eigenvalue weighted by atomic mass is 9.51. The molecule has 1 spiro atoms. The summed E-state index contributed by atoms with van der Waals surface area (Å²) < 4.78 is 18.0. The molecule has 35 heavy (non-hydrogen) atoms. The molecule has 1 aromatic carbocycles. The van der Waals surface area contributed by atoms with Crippen molar-refractivity contribution < 1.29 is 29.5 Å². The molecule has 0 amide bonds. The van der Waals surface area contributed by atoms with Crippen LogP contribution in [0.4, 0.5) is 0 Å². The van der Waals surface area contributed by atoms with Crippen molar-refractivity contribution in [2.75, 3.05) is 19.5 Å². The summed E-state index contributed by atoms with van der Waals surface area (Å²) in [7, 11) is 0. The number of thiophene rings is 1. The molecule has 3 heterocycles. The lowest BCUT2D eigenvalue weighted by Gasteiger charge is -2.58. The van der Waals surface area contributed by atoms with Gasteiger partial charge in [0, 0.05) is 39.0 Å². The number of fused-ring (bicyclic) bond motifs is 1. The molecule has 6 nitrogen and oxygen atoms in total. The fourth-order valence-electron chi connectivity index (χ4n) is 6.36. The van der Waals surface area contributed by atoms with E-state index in [1.165, 1.54) is 21.5 Å². The number of rotatable bonds is 5. The molecule has 5 atom stereocenters. The average Bonchev–Trinajstić information content (AvgIpc) is 3.50. The van der Waals surface area contributed by atoms with Gasteiger partial charge in [-0.2, -0.15) is 0 Å². The molecule has 9 heteroatoms. The van der Waals surface area contributed by atoms with Gasteiger partial charge in [0.15, 0.2) is 5.79 Å². The van der Waals surface area contributed by atoms with Crippen LogP contribution in [0, 0.1) is 5.92 Å². The molecular weight excluding hydrogens is 508 g/mol. The van der Waals surface area contributed by atoms with Crippen molar-refractivity contribution in [3.8, 4) is 0 Å². The number of benzene rings is 1. The summed E-state index contributed by atoms with van der Waals surface area (Å²) in [6.07, 6.45) is 2.46. The molecule has 0 radical (unpaired) electrons. The topological polar surface area (TPSA) is 88.4 Å². The Hall–Kier alpha value is -0.680. The molecule has 1 aromatic heterocycles. The Kier molecular flexibility index (Phi) is 6.52. The smallest absolute Gasteiger partial charge is 0.171 e. The maximum Gasteiger partial charge on any atom is 0.171 e. The Morgan fingerprint density at radius 1 is 1.03 bits per heavy atom. The third-order valence-corrected chi connectivity index (χ3v) is 10.9. The Bertz CT molecular complexity index is 1070. The average molecular weight is 539 g/mol. The maximum atomic E-state index is 10.6. The summed E-state index contributed by atoms with van der Waals surface area (Å²) >= 11 is 9.74. The van der Waals surface area contributed by atoms with Crippen molar-refractivity contribution in [3.05, 3.63) is 56.2 Å². The highest BCUT2D eigenvalue weighted by atomic mass is 35.5. The molecule has 3 N–H and O–H groups in total. The standard InChI is InChI=1S/C26H31ClO6S2/c1-34-24-22(30)20(28)21(29)23(33-24)14-2-4-18(27)15(10-14)11-17-3-5-19(35-17)25-6-7-26(16(12-25)13-25)31-8-9-32-26/h2-5,10,16,20-24,28-30H,6-9,11-13H2,1H3/t16?,20-,21-,22+,23+,24-,25?/m1/s1. The molecule has 2 aliphatic heterocycles. The van der Waals surface area contributed by atoms with Crippen LogP contribution in [0.25, 0.3) is 0 Å². The molecule has 2 saturated heterocycles. The second-order valence-corrected chi connectivity index (χ2v) is 12.8. The van der Waals surface area contributed by atoms with Gasteiger partial charge in [-0.1, -0.05) is 23.7 Å². The maximum absolute atomic E-state index is 10.6. The second kappa shape index (κ2) is 9.26. The number of ether oxygens (including phenoxy) is 3. The van der Waals surface area contributed by atoms with E-state index in [0.717, 1.165) is 36.8 Å². The van der Waals surface area contributed by atoms with Gasteiger partial charge in [-0.3, -0.25) is 0 Å². The van der Waals surface area contributed by atoms with E-state index in [1.807, 2.05) is 29.5 Å². The molecule has 7 rings (SSSR count). The van der Waals surface area contributed by atoms with E-state index >= 15 is 0 Å². The third kappa shape index (κ3) is 4.10. The van der Waals surface area contributed by atoms with Gasteiger partial charge in [0.05, 0.1) is 13.2 Å². The zero-order valence-electron chi connectivity index (χ0n) is 19.6. The summed E-state index contributed by atoms with van der Waals surface area (Å²) in [4.78, 5) is 2.68. The van der Waals surface area contributed by atoms with E-state index in [4.69, 9.17) is 25.8 Å². The van der Waals surface area contributed by atoms with Gasteiger partial charge in [0.2, 0.25) is 0 Å². The van der Waals surface area contributed by atoms with Crippen LogP contribution < -0.4 is 0 Å². The summed E-state index contributed by atoms with van der Waals surface area (Å²) in [6.45, 7) is 1.43. The number of halogens is 1. The number of hydrogen-bond acceptors (Lipinski definition) is 8. The normalized spacial score (nSPS) is 38.0. The van der Waals surface area contributed by atoms with Gasteiger partial charge in [0.25, 0.3) is 0 Å². The van der Waals surface area contributed by atoms with Gasteiger partial charge in [-0.25, -0.2) is 0 Å². The van der Waals surface area contributed by atoms with E-state index in [9.17, 15) is 15.3 Å². The molecule has 2 aromatic rings. The summed E-state index contributed by atoms with van der Waals surface area (Å²) in [5, 5.41) is 31.7. The van der Waals surface area contributed by atoms with E-state index in [1.54, 1.807) is 6.26 Å². The van der Waals surface area contributed by atoms with Crippen LogP contribution in [0.1, 0.15) is 52.7 Å². The quantitative estimate of drug-likeness (QED) is 0.530. The first kappa shape index (κ1) is 24.6. The zero-order valence-corrected chi connectivity index (χ0v) is 22.0. The lowest BCUT2D eigenvalue weighted by molar-refractivity contribution is -0.257. The number of aliphatic hydroxyl groups excluding tert-OH is 3. The summed E-state index contributed by atoms with van der Waals surface area (Å²) in [6, 6.07) is 10.1. The number of hydrogen-bond donors (Lipinski definition) is 3. The van der Waals surface area contributed by atoms with Gasteiger partial charge in [-0.15, -0.1) is 23.1 Å². The van der Waals surface area contributed by atoms with Crippen LogP contribution in [0.3, 0.4) is 0 Å². The first-order valence-corrected chi connectivity index (χ1v) is 14.7. The minimum absolute atomic E-state index is 0.254. The monoisotopic (exact) mass is 538 g/mol. The van der Waals surface area contributed by atoms with E-state index in [2.05, 4.69) is 12.1 Å². The fraction of sp³-hybridized carbons (Fsp3) is 0.615. The molecular formula is C26H31ClO6S2. The molecule has 3 saturated carbocycles. The third-order valence-electron chi connectivity index (χ3n) is 8.37. The Labute approximate surface area is 218 Å². The predicted octanol–water partition coefficient (Wildman–Crippen LogP) is 4.02. The number of aliphatic hydroxyl groups is 3. The van der Waals surface area contributed by atoms with Crippen molar-refractivity contribution in [2.45, 2.75) is 73.2 Å². The van der Waals surface area contributed by atoms with Gasteiger partial charge >= 0.3 is 0 Å². The van der Waals surface area contributed by atoms with E-state index < -0.39 is 29.9 Å². The van der Waals surface area contributed by atoms with Gasteiger partial charge in [0.1, 0.15) is 29.9 Å². The van der Waals surface area contributed by atoms with Crippen LogP contribution in [-0.4, -0.2) is 64.3 Å². The first-order valence-electron chi connectivity index (χ1n) is 12.2.